The molecule has 0 saturated heterocycles. The van der Waals surface area contributed by atoms with E-state index < -0.39 is 6.09 Å². The van der Waals surface area contributed by atoms with Crippen LogP contribution in [0.5, 0.6) is 5.75 Å². The van der Waals surface area contributed by atoms with Gasteiger partial charge < -0.3 is 25.5 Å². The van der Waals surface area contributed by atoms with Crippen LogP contribution in [0.1, 0.15) is 43.1 Å². The molecule has 3 aromatic rings. The number of hydrogen-bond acceptors (Lipinski definition) is 4. The zero-order valence-corrected chi connectivity index (χ0v) is 19.9. The van der Waals surface area contributed by atoms with E-state index in [1.54, 1.807) is 13.3 Å². The second-order valence-electron chi connectivity index (χ2n) is 9.07. The molecule has 184 valence electrons. The molecular formula is C27H32N4O4. The lowest BCUT2D eigenvalue weighted by atomic mass is 9.81. The molecule has 1 atom stereocenters. The van der Waals surface area contributed by atoms with Crippen molar-refractivity contribution in [3.63, 3.8) is 0 Å². The predicted octanol–water partition coefficient (Wildman–Crippen LogP) is 4.56. The maximum atomic E-state index is 13.2. The molecule has 2 amide bonds. The number of nitrogens with zero attached hydrogens (tertiary/aromatic N) is 1. The van der Waals surface area contributed by atoms with E-state index in [1.807, 2.05) is 54.6 Å². The highest BCUT2D eigenvalue weighted by Crippen LogP contribution is 2.30. The first-order valence-electron chi connectivity index (χ1n) is 12.0. The molecule has 1 heterocycles. The number of carbonyl (C=O) groups excluding carboxylic acids is 1. The maximum absolute atomic E-state index is 13.2. The SMILES string of the molecule is COc1cccc(-c2cnc([C@H](Cc3ccccc3)NC(=O)C3CCC(CNC(=O)O)CC3)[nH]2)c1. The summed E-state index contributed by atoms with van der Waals surface area (Å²) in [5.41, 5.74) is 2.93. The van der Waals surface area contributed by atoms with Crippen molar-refractivity contribution in [1.29, 1.82) is 0 Å². The number of rotatable bonds is 9. The van der Waals surface area contributed by atoms with Crippen molar-refractivity contribution in [3.8, 4) is 17.0 Å². The van der Waals surface area contributed by atoms with Gasteiger partial charge in [0.2, 0.25) is 5.91 Å². The van der Waals surface area contributed by atoms with E-state index in [1.165, 1.54) is 0 Å². The summed E-state index contributed by atoms with van der Waals surface area (Å²) in [4.78, 5) is 32.0. The molecule has 1 aliphatic carbocycles. The zero-order valence-electron chi connectivity index (χ0n) is 19.9. The summed E-state index contributed by atoms with van der Waals surface area (Å²) >= 11 is 0. The lowest BCUT2D eigenvalue weighted by molar-refractivity contribution is -0.127. The van der Waals surface area contributed by atoms with Crippen LogP contribution < -0.4 is 15.4 Å². The van der Waals surface area contributed by atoms with Crippen molar-refractivity contribution >= 4 is 12.0 Å². The Hall–Kier alpha value is -3.81. The number of nitrogens with one attached hydrogen (secondary N) is 3. The van der Waals surface area contributed by atoms with Crippen LogP contribution in [-0.4, -0.2) is 40.7 Å². The van der Waals surface area contributed by atoms with Crippen LogP contribution in [-0.2, 0) is 11.2 Å². The number of ether oxygens (including phenoxy) is 1. The van der Waals surface area contributed by atoms with Gasteiger partial charge >= 0.3 is 6.09 Å². The van der Waals surface area contributed by atoms with E-state index in [0.29, 0.717) is 18.8 Å². The number of imidazole rings is 1. The fraction of sp³-hybridized carbons (Fsp3) is 0.370. The number of aromatic nitrogens is 2. The van der Waals surface area contributed by atoms with Crippen molar-refractivity contribution in [3.05, 3.63) is 72.2 Å². The van der Waals surface area contributed by atoms with Gasteiger partial charge in [0.15, 0.2) is 0 Å². The molecule has 1 saturated carbocycles. The standard InChI is InChI=1S/C27H32N4O4/c1-35-22-9-5-8-21(15-22)24-17-28-25(30-24)23(14-18-6-3-2-4-7-18)31-26(32)20-12-10-19(11-13-20)16-29-27(33)34/h2-9,15,17,19-20,23,29H,10-14,16H2,1H3,(H,28,30)(H,31,32)(H,33,34)/t19?,20?,23-/m0/s1. The molecule has 2 aromatic carbocycles. The van der Waals surface area contributed by atoms with Crippen molar-refractivity contribution < 1.29 is 19.4 Å². The first-order valence-corrected chi connectivity index (χ1v) is 12.0. The first-order chi connectivity index (χ1) is 17.0. The molecule has 8 nitrogen and oxygen atoms in total. The topological polar surface area (TPSA) is 116 Å². The third-order valence-electron chi connectivity index (χ3n) is 6.66. The van der Waals surface area contributed by atoms with Gasteiger partial charge in [0, 0.05) is 18.0 Å². The van der Waals surface area contributed by atoms with Crippen molar-refractivity contribution in [2.45, 2.75) is 38.1 Å². The smallest absolute Gasteiger partial charge is 0.404 e. The average molecular weight is 477 g/mol. The van der Waals surface area contributed by atoms with Gasteiger partial charge in [-0.25, -0.2) is 9.78 Å². The van der Waals surface area contributed by atoms with Crippen LogP contribution in [0, 0.1) is 11.8 Å². The summed E-state index contributed by atoms with van der Waals surface area (Å²) in [6.07, 6.45) is 4.59. The van der Waals surface area contributed by atoms with Crippen LogP contribution in [0.15, 0.2) is 60.8 Å². The van der Waals surface area contributed by atoms with Gasteiger partial charge in [-0.3, -0.25) is 4.79 Å². The molecule has 4 N–H and O–H groups in total. The Balaban J connectivity index is 1.46. The van der Waals surface area contributed by atoms with E-state index in [0.717, 1.165) is 48.3 Å². The van der Waals surface area contributed by atoms with Gasteiger partial charge in [-0.2, -0.15) is 0 Å². The molecule has 0 aliphatic heterocycles. The lowest BCUT2D eigenvalue weighted by Gasteiger charge is -2.29. The highest BCUT2D eigenvalue weighted by atomic mass is 16.5. The summed E-state index contributed by atoms with van der Waals surface area (Å²) in [7, 11) is 1.64. The summed E-state index contributed by atoms with van der Waals surface area (Å²) in [5, 5.41) is 14.5. The monoisotopic (exact) mass is 476 g/mol. The number of carbonyl (C=O) groups is 2. The van der Waals surface area contributed by atoms with Crippen molar-refractivity contribution in [2.24, 2.45) is 11.8 Å². The zero-order chi connectivity index (χ0) is 24.6. The van der Waals surface area contributed by atoms with Gasteiger partial charge in [-0.1, -0.05) is 42.5 Å². The third-order valence-corrected chi connectivity index (χ3v) is 6.66. The van der Waals surface area contributed by atoms with Crippen LogP contribution in [0.2, 0.25) is 0 Å². The molecule has 8 heteroatoms. The second kappa shape index (κ2) is 11.6. The summed E-state index contributed by atoms with van der Waals surface area (Å²) < 4.78 is 5.34. The number of aromatic amines is 1. The fourth-order valence-corrected chi connectivity index (χ4v) is 4.67. The molecule has 4 rings (SSSR count). The van der Waals surface area contributed by atoms with Crippen LogP contribution in [0.3, 0.4) is 0 Å². The first kappa shape index (κ1) is 24.3. The van der Waals surface area contributed by atoms with Crippen molar-refractivity contribution in [2.75, 3.05) is 13.7 Å². The van der Waals surface area contributed by atoms with Crippen LogP contribution >= 0.6 is 0 Å². The number of amides is 2. The molecule has 0 spiro atoms. The van der Waals surface area contributed by atoms with E-state index >= 15 is 0 Å². The Morgan fingerprint density at radius 3 is 2.60 bits per heavy atom. The van der Waals surface area contributed by atoms with Gasteiger partial charge in [0.05, 0.1) is 25.0 Å². The molecule has 35 heavy (non-hydrogen) atoms. The van der Waals surface area contributed by atoms with E-state index in [-0.39, 0.29) is 23.8 Å². The van der Waals surface area contributed by atoms with Gasteiger partial charge in [0.25, 0.3) is 0 Å². The molecule has 1 fully saturated rings. The van der Waals surface area contributed by atoms with Crippen molar-refractivity contribution in [1.82, 2.24) is 20.6 Å². The maximum Gasteiger partial charge on any atom is 0.404 e. The minimum atomic E-state index is -1.000. The Kier molecular flexibility index (Phi) is 8.03. The second-order valence-corrected chi connectivity index (χ2v) is 9.07. The molecule has 1 aromatic heterocycles. The largest absolute Gasteiger partial charge is 0.497 e. The van der Waals surface area contributed by atoms with Gasteiger partial charge in [0.1, 0.15) is 11.6 Å². The normalized spacial score (nSPS) is 18.4. The predicted molar refractivity (Wildman–Crippen MR) is 133 cm³/mol. The molecule has 0 radical (unpaired) electrons. The van der Waals surface area contributed by atoms with Gasteiger partial charge in [-0.15, -0.1) is 0 Å². The molecular weight excluding hydrogens is 444 g/mol. The van der Waals surface area contributed by atoms with E-state index in [2.05, 4.69) is 20.6 Å². The number of hydrogen-bond donors (Lipinski definition) is 4. The van der Waals surface area contributed by atoms with E-state index in [4.69, 9.17) is 9.84 Å². The Morgan fingerprint density at radius 1 is 1.11 bits per heavy atom. The van der Waals surface area contributed by atoms with Crippen LogP contribution in [0.25, 0.3) is 11.3 Å². The summed E-state index contributed by atoms with van der Waals surface area (Å²) in [6, 6.07) is 17.5. The molecule has 1 aliphatic rings. The van der Waals surface area contributed by atoms with Crippen LogP contribution in [0.4, 0.5) is 4.79 Å². The minimum Gasteiger partial charge on any atom is -0.497 e. The lowest BCUT2D eigenvalue weighted by Crippen LogP contribution is -2.38. The third kappa shape index (κ3) is 6.62. The number of carboxylic acid groups (broad SMARTS) is 1. The Morgan fingerprint density at radius 2 is 1.89 bits per heavy atom. The molecule has 0 unspecified atom stereocenters. The highest BCUT2D eigenvalue weighted by Gasteiger charge is 2.29. The number of methoxy groups -OCH3 is 1. The minimum absolute atomic E-state index is 0.0231. The Labute approximate surface area is 205 Å². The summed E-state index contributed by atoms with van der Waals surface area (Å²) in [5.74, 6) is 1.70. The number of H-pyrrole nitrogens is 1. The average Bonchev–Trinajstić information content (AvgIpc) is 3.38. The summed E-state index contributed by atoms with van der Waals surface area (Å²) in [6.45, 7) is 0.444. The fourth-order valence-electron chi connectivity index (χ4n) is 4.67. The highest BCUT2D eigenvalue weighted by molar-refractivity contribution is 5.79. The van der Waals surface area contributed by atoms with E-state index in [9.17, 15) is 9.59 Å². The quantitative estimate of drug-likeness (QED) is 0.361. The number of benzene rings is 2. The molecule has 0 bridgehead atoms. The Bertz CT molecular complexity index is 1120. The van der Waals surface area contributed by atoms with Gasteiger partial charge in [-0.05, 0) is 55.7 Å².